The van der Waals surface area contributed by atoms with Gasteiger partial charge in [0.05, 0.1) is 11.9 Å². The van der Waals surface area contributed by atoms with Crippen LogP contribution < -0.4 is 5.32 Å². The normalized spacial score (nSPS) is 10.2. The minimum atomic E-state index is -0.0179. The van der Waals surface area contributed by atoms with E-state index in [1.807, 2.05) is 19.1 Å². The van der Waals surface area contributed by atoms with Crippen molar-refractivity contribution in [3.63, 3.8) is 0 Å². The van der Waals surface area contributed by atoms with Gasteiger partial charge in [0.1, 0.15) is 0 Å². The molecule has 0 atom stereocenters. The average Bonchev–Trinajstić information content (AvgIpc) is 2.82. The molecule has 5 heteroatoms. The molecule has 0 aromatic carbocycles. The van der Waals surface area contributed by atoms with Crippen molar-refractivity contribution < 1.29 is 4.79 Å². The SMILES string of the molecule is Cc1ccncc1NC(=O)CCc1ccn[nH]1. The molecule has 2 aromatic rings. The van der Waals surface area contributed by atoms with E-state index in [1.54, 1.807) is 18.6 Å². The number of anilines is 1. The predicted octanol–water partition coefficient (Wildman–Crippen LogP) is 1.68. The lowest BCUT2D eigenvalue weighted by molar-refractivity contribution is -0.116. The van der Waals surface area contributed by atoms with Crippen LogP contribution in [0.5, 0.6) is 0 Å². The summed E-state index contributed by atoms with van der Waals surface area (Å²) in [6.07, 6.45) is 6.12. The summed E-state index contributed by atoms with van der Waals surface area (Å²) in [7, 11) is 0. The van der Waals surface area contributed by atoms with Gasteiger partial charge in [-0.2, -0.15) is 5.10 Å². The van der Waals surface area contributed by atoms with Crippen molar-refractivity contribution in [2.24, 2.45) is 0 Å². The summed E-state index contributed by atoms with van der Waals surface area (Å²) in [6.45, 7) is 1.94. The van der Waals surface area contributed by atoms with Gasteiger partial charge in [-0.3, -0.25) is 14.9 Å². The number of nitrogens with one attached hydrogen (secondary N) is 2. The number of aromatic amines is 1. The Labute approximate surface area is 99.3 Å². The summed E-state index contributed by atoms with van der Waals surface area (Å²) < 4.78 is 0. The van der Waals surface area contributed by atoms with Crippen molar-refractivity contribution in [1.82, 2.24) is 15.2 Å². The number of nitrogens with zero attached hydrogens (tertiary/aromatic N) is 2. The largest absolute Gasteiger partial charge is 0.325 e. The summed E-state index contributed by atoms with van der Waals surface area (Å²) in [5.74, 6) is -0.0179. The molecule has 0 aliphatic heterocycles. The quantitative estimate of drug-likeness (QED) is 0.839. The molecule has 2 heterocycles. The number of amides is 1. The maximum atomic E-state index is 11.7. The zero-order valence-electron chi connectivity index (χ0n) is 9.60. The number of H-pyrrole nitrogens is 1. The maximum absolute atomic E-state index is 11.7. The Balaban J connectivity index is 1.87. The molecule has 1 amide bonds. The Hall–Kier alpha value is -2.17. The molecular weight excluding hydrogens is 216 g/mol. The van der Waals surface area contributed by atoms with Gasteiger partial charge >= 0.3 is 0 Å². The van der Waals surface area contributed by atoms with Gasteiger partial charge < -0.3 is 5.32 Å². The van der Waals surface area contributed by atoms with Crippen LogP contribution in [0.2, 0.25) is 0 Å². The first-order valence-corrected chi connectivity index (χ1v) is 5.44. The first kappa shape index (κ1) is 11.3. The highest BCUT2D eigenvalue weighted by molar-refractivity contribution is 5.91. The number of carbonyl (C=O) groups is 1. The molecule has 0 saturated carbocycles. The van der Waals surface area contributed by atoms with Crippen LogP contribution in [-0.2, 0) is 11.2 Å². The second kappa shape index (κ2) is 5.25. The number of aryl methyl sites for hydroxylation is 2. The molecule has 88 valence electrons. The zero-order valence-corrected chi connectivity index (χ0v) is 9.60. The van der Waals surface area contributed by atoms with Crippen molar-refractivity contribution in [3.05, 3.63) is 42.0 Å². The second-order valence-electron chi connectivity index (χ2n) is 3.82. The number of pyridine rings is 1. The lowest BCUT2D eigenvalue weighted by atomic mass is 10.2. The molecule has 0 fully saturated rings. The highest BCUT2D eigenvalue weighted by Crippen LogP contribution is 2.11. The Morgan fingerprint density at radius 3 is 3.00 bits per heavy atom. The van der Waals surface area contributed by atoms with Gasteiger partial charge in [0.15, 0.2) is 0 Å². The first-order valence-electron chi connectivity index (χ1n) is 5.44. The minimum Gasteiger partial charge on any atom is -0.325 e. The van der Waals surface area contributed by atoms with Crippen LogP contribution in [0.1, 0.15) is 17.7 Å². The molecule has 0 unspecified atom stereocenters. The fraction of sp³-hybridized carbons (Fsp3) is 0.250. The van der Waals surface area contributed by atoms with Crippen LogP contribution in [0.4, 0.5) is 5.69 Å². The molecule has 0 aliphatic carbocycles. The fourth-order valence-electron chi connectivity index (χ4n) is 1.48. The minimum absolute atomic E-state index is 0.0179. The molecular formula is C12H14N4O. The van der Waals surface area contributed by atoms with Crippen LogP contribution in [0.25, 0.3) is 0 Å². The van der Waals surface area contributed by atoms with Crippen LogP contribution >= 0.6 is 0 Å². The van der Waals surface area contributed by atoms with E-state index in [4.69, 9.17) is 0 Å². The molecule has 2 aromatic heterocycles. The molecule has 0 aliphatic rings. The average molecular weight is 230 g/mol. The Morgan fingerprint density at radius 1 is 1.41 bits per heavy atom. The van der Waals surface area contributed by atoms with Gasteiger partial charge in [0.25, 0.3) is 0 Å². The number of hydrogen-bond donors (Lipinski definition) is 2. The standard InChI is InChI=1S/C12H14N4O/c1-9-4-6-13-8-11(9)15-12(17)3-2-10-5-7-14-16-10/h4-8H,2-3H2,1H3,(H,14,16)(H,15,17). The summed E-state index contributed by atoms with van der Waals surface area (Å²) in [4.78, 5) is 15.7. The van der Waals surface area contributed by atoms with Crippen LogP contribution in [0.15, 0.2) is 30.7 Å². The van der Waals surface area contributed by atoms with Crippen molar-refractivity contribution in [2.45, 2.75) is 19.8 Å². The van der Waals surface area contributed by atoms with Crippen LogP contribution in [0, 0.1) is 6.92 Å². The van der Waals surface area contributed by atoms with Gasteiger partial charge in [-0.05, 0) is 31.0 Å². The fourth-order valence-corrected chi connectivity index (χ4v) is 1.48. The van der Waals surface area contributed by atoms with Crippen molar-refractivity contribution in [2.75, 3.05) is 5.32 Å². The van der Waals surface area contributed by atoms with E-state index in [9.17, 15) is 4.79 Å². The van der Waals surface area contributed by atoms with Gasteiger partial charge in [-0.25, -0.2) is 0 Å². The van der Waals surface area contributed by atoms with Gasteiger partial charge in [-0.15, -0.1) is 0 Å². The first-order chi connectivity index (χ1) is 8.25. The number of carbonyl (C=O) groups excluding carboxylic acids is 1. The van der Waals surface area contributed by atoms with Gasteiger partial charge in [0, 0.05) is 24.5 Å². The lowest BCUT2D eigenvalue weighted by Gasteiger charge is -2.06. The molecule has 0 radical (unpaired) electrons. The molecule has 0 saturated heterocycles. The van der Waals surface area contributed by atoms with Crippen LogP contribution in [0.3, 0.4) is 0 Å². The maximum Gasteiger partial charge on any atom is 0.224 e. The van der Waals surface area contributed by atoms with Gasteiger partial charge in [-0.1, -0.05) is 0 Å². The topological polar surface area (TPSA) is 70.7 Å². The molecule has 17 heavy (non-hydrogen) atoms. The monoisotopic (exact) mass is 230 g/mol. The lowest BCUT2D eigenvalue weighted by Crippen LogP contribution is -2.13. The molecule has 0 bridgehead atoms. The number of rotatable bonds is 4. The summed E-state index contributed by atoms with van der Waals surface area (Å²) in [5.41, 5.74) is 2.74. The third-order valence-corrected chi connectivity index (χ3v) is 2.49. The van der Waals surface area contributed by atoms with Crippen molar-refractivity contribution in [3.8, 4) is 0 Å². The third-order valence-electron chi connectivity index (χ3n) is 2.49. The molecule has 2 rings (SSSR count). The second-order valence-corrected chi connectivity index (χ2v) is 3.82. The zero-order chi connectivity index (χ0) is 12.1. The number of aromatic nitrogens is 3. The predicted molar refractivity (Wildman–Crippen MR) is 64.5 cm³/mol. The Bertz CT molecular complexity index is 493. The van der Waals surface area contributed by atoms with E-state index in [2.05, 4.69) is 20.5 Å². The smallest absolute Gasteiger partial charge is 0.224 e. The highest BCUT2D eigenvalue weighted by atomic mass is 16.1. The van der Waals surface area contributed by atoms with Crippen molar-refractivity contribution in [1.29, 1.82) is 0 Å². The molecule has 5 nitrogen and oxygen atoms in total. The number of hydrogen-bond acceptors (Lipinski definition) is 3. The summed E-state index contributed by atoms with van der Waals surface area (Å²) in [5, 5.41) is 9.49. The molecule has 0 spiro atoms. The highest BCUT2D eigenvalue weighted by Gasteiger charge is 2.05. The summed E-state index contributed by atoms with van der Waals surface area (Å²) in [6, 6.07) is 3.73. The van der Waals surface area contributed by atoms with Crippen molar-refractivity contribution >= 4 is 11.6 Å². The van der Waals surface area contributed by atoms with E-state index in [0.717, 1.165) is 16.9 Å². The summed E-state index contributed by atoms with van der Waals surface area (Å²) >= 11 is 0. The third kappa shape index (κ3) is 3.14. The Kier molecular flexibility index (Phi) is 3.49. The van der Waals surface area contributed by atoms with E-state index in [-0.39, 0.29) is 5.91 Å². The van der Waals surface area contributed by atoms with E-state index in [0.29, 0.717) is 12.8 Å². The Morgan fingerprint density at radius 2 is 2.29 bits per heavy atom. The van der Waals surface area contributed by atoms with E-state index < -0.39 is 0 Å². The van der Waals surface area contributed by atoms with E-state index in [1.165, 1.54) is 0 Å². The molecule has 2 N–H and O–H groups in total. The van der Waals surface area contributed by atoms with E-state index >= 15 is 0 Å². The van der Waals surface area contributed by atoms with Crippen LogP contribution in [-0.4, -0.2) is 21.1 Å². The van der Waals surface area contributed by atoms with Gasteiger partial charge in [0.2, 0.25) is 5.91 Å².